The average Bonchev–Trinajstić information content (AvgIpc) is 3.30. The minimum absolute atomic E-state index is 0.135. The number of anilines is 1. The summed E-state index contributed by atoms with van der Waals surface area (Å²) in [5.41, 5.74) is 2.96. The fourth-order valence-electron chi connectivity index (χ4n) is 3.96. The number of ether oxygens (including phenoxy) is 1. The van der Waals surface area contributed by atoms with Gasteiger partial charge in [-0.15, -0.1) is 0 Å². The van der Waals surface area contributed by atoms with Gasteiger partial charge in [0, 0.05) is 12.7 Å². The van der Waals surface area contributed by atoms with E-state index in [1.54, 1.807) is 11.9 Å². The zero-order chi connectivity index (χ0) is 24.9. The molecule has 5 aromatic rings. The van der Waals surface area contributed by atoms with Crippen LogP contribution in [0.1, 0.15) is 11.1 Å². The molecule has 0 fully saturated rings. The molecule has 5 rings (SSSR count). The van der Waals surface area contributed by atoms with Crippen molar-refractivity contribution in [3.05, 3.63) is 119 Å². The maximum atomic E-state index is 13.4. The van der Waals surface area contributed by atoms with Gasteiger partial charge in [0.25, 0.3) is 5.56 Å². The van der Waals surface area contributed by atoms with Crippen LogP contribution >= 0.6 is 0 Å². The number of rotatable bonds is 8. The molecule has 2 aromatic heterocycles. The first-order valence-electron chi connectivity index (χ1n) is 11.6. The molecule has 0 atom stereocenters. The predicted octanol–water partition coefficient (Wildman–Crippen LogP) is 3.94. The van der Waals surface area contributed by atoms with Crippen LogP contribution in [0.15, 0.2) is 102 Å². The lowest BCUT2D eigenvalue weighted by Crippen LogP contribution is -2.36. The van der Waals surface area contributed by atoms with Crippen molar-refractivity contribution in [3.8, 4) is 5.75 Å². The molecule has 8 heteroatoms. The highest BCUT2D eigenvalue weighted by Gasteiger charge is 2.19. The molecule has 2 heterocycles. The molecule has 0 saturated carbocycles. The van der Waals surface area contributed by atoms with Crippen molar-refractivity contribution in [2.45, 2.75) is 19.7 Å². The van der Waals surface area contributed by atoms with Crippen molar-refractivity contribution in [1.82, 2.24) is 19.3 Å². The van der Waals surface area contributed by atoms with Crippen LogP contribution in [0.5, 0.6) is 5.75 Å². The van der Waals surface area contributed by atoms with Crippen molar-refractivity contribution in [2.75, 3.05) is 4.90 Å². The lowest BCUT2D eigenvalue weighted by molar-refractivity contribution is -0.119. The minimum atomic E-state index is -0.297. The molecule has 36 heavy (non-hydrogen) atoms. The number of aromatic nitrogens is 4. The van der Waals surface area contributed by atoms with Gasteiger partial charge in [0.05, 0.1) is 12.7 Å². The number of fused-ring (bicyclic) bond motifs is 1. The lowest BCUT2D eigenvalue weighted by atomic mass is 10.1. The SMILES string of the molecule is Cn1ncc2c(=O)n(CC(=O)N(Cc3ccc(OCc4ccccc4)cc3)c3ccccc3)cnc21. The zero-order valence-electron chi connectivity index (χ0n) is 19.8. The summed E-state index contributed by atoms with van der Waals surface area (Å²) >= 11 is 0. The molecule has 0 bridgehead atoms. The summed E-state index contributed by atoms with van der Waals surface area (Å²) in [5, 5.41) is 4.47. The number of carbonyl (C=O) groups excluding carboxylic acids is 1. The van der Waals surface area contributed by atoms with Crippen LogP contribution in [-0.2, 0) is 31.5 Å². The fraction of sp³-hybridized carbons (Fsp3) is 0.143. The Morgan fingerprint density at radius 3 is 2.33 bits per heavy atom. The Labute approximate surface area is 208 Å². The third kappa shape index (κ3) is 5.02. The number of carbonyl (C=O) groups is 1. The summed E-state index contributed by atoms with van der Waals surface area (Å²) in [5.74, 6) is 0.528. The van der Waals surface area contributed by atoms with Gasteiger partial charge in [0.1, 0.15) is 30.6 Å². The first-order valence-corrected chi connectivity index (χ1v) is 11.6. The summed E-state index contributed by atoms with van der Waals surface area (Å²) in [6, 6.07) is 27.1. The first kappa shape index (κ1) is 23.0. The highest BCUT2D eigenvalue weighted by Crippen LogP contribution is 2.20. The Balaban J connectivity index is 1.33. The largest absolute Gasteiger partial charge is 0.489 e. The van der Waals surface area contributed by atoms with Crippen LogP contribution in [0.3, 0.4) is 0 Å². The first-order chi connectivity index (χ1) is 17.6. The summed E-state index contributed by atoms with van der Waals surface area (Å²) < 4.78 is 8.74. The quantitative estimate of drug-likeness (QED) is 0.337. The van der Waals surface area contributed by atoms with Crippen molar-refractivity contribution in [1.29, 1.82) is 0 Å². The van der Waals surface area contributed by atoms with Gasteiger partial charge in [0.15, 0.2) is 5.65 Å². The molecule has 3 aromatic carbocycles. The lowest BCUT2D eigenvalue weighted by Gasteiger charge is -2.23. The summed E-state index contributed by atoms with van der Waals surface area (Å²) in [6.45, 7) is 0.696. The molecule has 0 aliphatic heterocycles. The van der Waals surface area contributed by atoms with Gasteiger partial charge >= 0.3 is 0 Å². The topological polar surface area (TPSA) is 82.2 Å². The number of para-hydroxylation sites is 1. The number of amides is 1. The Hall–Kier alpha value is -4.72. The van der Waals surface area contributed by atoms with Crippen LogP contribution < -0.4 is 15.2 Å². The second kappa shape index (κ2) is 10.3. The fourth-order valence-corrected chi connectivity index (χ4v) is 3.96. The number of nitrogens with zero attached hydrogens (tertiary/aromatic N) is 5. The minimum Gasteiger partial charge on any atom is -0.489 e. The Morgan fingerprint density at radius 2 is 1.61 bits per heavy atom. The molecule has 0 aliphatic carbocycles. The summed E-state index contributed by atoms with van der Waals surface area (Å²) in [7, 11) is 1.72. The van der Waals surface area contributed by atoms with E-state index in [2.05, 4.69) is 10.1 Å². The van der Waals surface area contributed by atoms with E-state index in [1.165, 1.54) is 21.8 Å². The van der Waals surface area contributed by atoms with Gasteiger partial charge in [-0.05, 0) is 35.4 Å². The van der Waals surface area contributed by atoms with Crippen LogP contribution in [0.2, 0.25) is 0 Å². The Morgan fingerprint density at radius 1 is 0.917 bits per heavy atom. The van der Waals surface area contributed by atoms with Gasteiger partial charge in [-0.25, -0.2) is 4.98 Å². The van der Waals surface area contributed by atoms with E-state index >= 15 is 0 Å². The van der Waals surface area contributed by atoms with E-state index in [9.17, 15) is 9.59 Å². The molecule has 1 amide bonds. The molecular weight excluding hydrogens is 454 g/mol. The molecule has 0 saturated heterocycles. The van der Waals surface area contributed by atoms with E-state index in [0.717, 1.165) is 22.6 Å². The Kier molecular flexibility index (Phi) is 6.57. The molecule has 0 aliphatic rings. The average molecular weight is 480 g/mol. The number of aryl methyl sites for hydroxylation is 1. The highest BCUT2D eigenvalue weighted by atomic mass is 16.5. The monoisotopic (exact) mass is 479 g/mol. The molecule has 0 spiro atoms. The number of hydrogen-bond donors (Lipinski definition) is 0. The molecule has 8 nitrogen and oxygen atoms in total. The van der Waals surface area contributed by atoms with E-state index in [0.29, 0.717) is 24.2 Å². The second-order valence-electron chi connectivity index (χ2n) is 8.42. The molecule has 0 unspecified atom stereocenters. The third-order valence-electron chi connectivity index (χ3n) is 5.91. The zero-order valence-corrected chi connectivity index (χ0v) is 19.8. The molecule has 0 N–H and O–H groups in total. The maximum Gasteiger partial charge on any atom is 0.264 e. The van der Waals surface area contributed by atoms with E-state index in [1.807, 2.05) is 84.9 Å². The van der Waals surface area contributed by atoms with Gasteiger partial charge in [-0.1, -0.05) is 60.7 Å². The van der Waals surface area contributed by atoms with Gasteiger partial charge < -0.3 is 9.64 Å². The van der Waals surface area contributed by atoms with Gasteiger partial charge in [0.2, 0.25) is 5.91 Å². The summed E-state index contributed by atoms with van der Waals surface area (Å²) in [6.07, 6.45) is 2.87. The normalized spacial score (nSPS) is 10.9. The van der Waals surface area contributed by atoms with Crippen LogP contribution in [0, 0.1) is 0 Å². The Bertz CT molecular complexity index is 1530. The molecule has 180 valence electrons. The summed E-state index contributed by atoms with van der Waals surface area (Å²) in [4.78, 5) is 32.3. The maximum absolute atomic E-state index is 13.4. The standard InChI is InChI=1S/C28H25N5O3/c1-31-27-25(16-30-31)28(35)32(20-29-27)18-26(34)33(23-10-6-3-7-11-23)17-21-12-14-24(15-13-21)36-19-22-8-4-2-5-9-22/h2-16,20H,17-19H2,1H3. The molecule has 0 radical (unpaired) electrons. The predicted molar refractivity (Wildman–Crippen MR) is 138 cm³/mol. The van der Waals surface area contributed by atoms with Crippen molar-refractivity contribution in [2.24, 2.45) is 7.05 Å². The molecular formula is C28H25N5O3. The van der Waals surface area contributed by atoms with E-state index in [-0.39, 0.29) is 18.0 Å². The van der Waals surface area contributed by atoms with Crippen molar-refractivity contribution in [3.63, 3.8) is 0 Å². The number of benzene rings is 3. The third-order valence-corrected chi connectivity index (χ3v) is 5.91. The van der Waals surface area contributed by atoms with Crippen LogP contribution in [0.25, 0.3) is 11.0 Å². The number of hydrogen-bond acceptors (Lipinski definition) is 5. The van der Waals surface area contributed by atoms with Crippen LogP contribution in [0.4, 0.5) is 5.69 Å². The van der Waals surface area contributed by atoms with E-state index < -0.39 is 0 Å². The van der Waals surface area contributed by atoms with Gasteiger partial charge in [-0.2, -0.15) is 5.10 Å². The smallest absolute Gasteiger partial charge is 0.264 e. The van der Waals surface area contributed by atoms with Crippen molar-refractivity contribution >= 4 is 22.6 Å². The highest BCUT2D eigenvalue weighted by molar-refractivity contribution is 5.93. The second-order valence-corrected chi connectivity index (χ2v) is 8.42. The van der Waals surface area contributed by atoms with Gasteiger partial charge in [-0.3, -0.25) is 18.8 Å². The van der Waals surface area contributed by atoms with E-state index in [4.69, 9.17) is 4.74 Å². The van der Waals surface area contributed by atoms with Crippen molar-refractivity contribution < 1.29 is 9.53 Å². The van der Waals surface area contributed by atoms with Crippen LogP contribution in [-0.4, -0.2) is 25.2 Å².